The molecule has 1 aliphatic carbocycles. The number of carbonyl (C=O) groups is 1. The van der Waals surface area contributed by atoms with E-state index in [-0.39, 0.29) is 6.04 Å². The molecule has 2 aliphatic heterocycles. The molecule has 2 bridgehead atoms. The average Bonchev–Trinajstić information content (AvgIpc) is 2.93. The molecule has 3 rings (SSSR count). The van der Waals surface area contributed by atoms with Crippen molar-refractivity contribution < 1.29 is 14.6 Å². The lowest BCUT2D eigenvalue weighted by atomic mass is 10.1. The van der Waals surface area contributed by atoms with Crippen molar-refractivity contribution in [3.63, 3.8) is 0 Å². The van der Waals surface area contributed by atoms with Gasteiger partial charge in [0.05, 0.1) is 12.2 Å². The number of morpholine rings is 1. The second-order valence-electron chi connectivity index (χ2n) is 5.03. The van der Waals surface area contributed by atoms with Crippen LogP contribution in [0, 0.1) is 5.92 Å². The topological polar surface area (TPSA) is 49.8 Å². The summed E-state index contributed by atoms with van der Waals surface area (Å²) >= 11 is 0. The molecular formula is C11H17NO3. The molecule has 0 spiro atoms. The first-order chi connectivity index (χ1) is 7.24. The van der Waals surface area contributed by atoms with E-state index in [9.17, 15) is 9.90 Å². The summed E-state index contributed by atoms with van der Waals surface area (Å²) in [6, 6.07) is -0.239. The van der Waals surface area contributed by atoms with E-state index >= 15 is 0 Å². The van der Waals surface area contributed by atoms with E-state index in [2.05, 4.69) is 4.90 Å². The molecule has 0 aromatic carbocycles. The van der Waals surface area contributed by atoms with Crippen LogP contribution >= 0.6 is 0 Å². The fourth-order valence-electron chi connectivity index (χ4n) is 2.94. The van der Waals surface area contributed by atoms with Crippen molar-refractivity contribution in [3.05, 3.63) is 0 Å². The molecule has 1 N–H and O–H groups in total. The van der Waals surface area contributed by atoms with Gasteiger partial charge in [0, 0.05) is 13.1 Å². The Balaban J connectivity index is 1.72. The van der Waals surface area contributed by atoms with Crippen LogP contribution in [0.4, 0.5) is 0 Å². The number of aliphatic carboxylic acids is 1. The molecule has 84 valence electrons. The minimum atomic E-state index is -0.640. The van der Waals surface area contributed by atoms with Crippen LogP contribution in [0.25, 0.3) is 0 Å². The van der Waals surface area contributed by atoms with E-state index in [1.165, 1.54) is 0 Å². The van der Waals surface area contributed by atoms with Crippen LogP contribution in [0.2, 0.25) is 0 Å². The molecule has 0 radical (unpaired) electrons. The minimum absolute atomic E-state index is 0.239. The first-order valence-corrected chi connectivity index (χ1v) is 5.86. The summed E-state index contributed by atoms with van der Waals surface area (Å²) in [5.41, 5.74) is 0. The largest absolute Gasteiger partial charge is 0.480 e. The lowest BCUT2D eigenvalue weighted by Gasteiger charge is -2.36. The Morgan fingerprint density at radius 2 is 1.80 bits per heavy atom. The van der Waals surface area contributed by atoms with Crippen molar-refractivity contribution in [2.45, 2.75) is 43.9 Å². The third kappa shape index (κ3) is 1.76. The van der Waals surface area contributed by atoms with E-state index in [1.807, 2.05) is 0 Å². The van der Waals surface area contributed by atoms with Crippen LogP contribution in [-0.4, -0.2) is 47.3 Å². The predicted octanol–water partition coefficient (Wildman–Crippen LogP) is 0.713. The first kappa shape index (κ1) is 9.60. The second-order valence-corrected chi connectivity index (χ2v) is 5.03. The van der Waals surface area contributed by atoms with E-state index < -0.39 is 5.97 Å². The summed E-state index contributed by atoms with van der Waals surface area (Å²) in [6.45, 7) is 1.65. The van der Waals surface area contributed by atoms with E-state index in [0.29, 0.717) is 18.1 Å². The number of hydrogen-bond donors (Lipinski definition) is 1. The van der Waals surface area contributed by atoms with Crippen molar-refractivity contribution in [1.29, 1.82) is 0 Å². The van der Waals surface area contributed by atoms with Gasteiger partial charge in [-0.25, -0.2) is 0 Å². The van der Waals surface area contributed by atoms with Gasteiger partial charge in [-0.1, -0.05) is 0 Å². The molecule has 4 nitrogen and oxygen atoms in total. The number of carboxylic acids is 1. The molecule has 2 heterocycles. The van der Waals surface area contributed by atoms with Crippen molar-refractivity contribution in [3.8, 4) is 0 Å². The number of rotatable bonds is 3. The van der Waals surface area contributed by atoms with Gasteiger partial charge in [0.2, 0.25) is 0 Å². The van der Waals surface area contributed by atoms with Gasteiger partial charge in [0.25, 0.3) is 0 Å². The van der Waals surface area contributed by atoms with E-state index in [1.54, 1.807) is 0 Å². The smallest absolute Gasteiger partial charge is 0.321 e. The Labute approximate surface area is 89.2 Å². The van der Waals surface area contributed by atoms with Crippen LogP contribution in [0.1, 0.15) is 25.7 Å². The van der Waals surface area contributed by atoms with E-state index in [4.69, 9.17) is 4.74 Å². The Morgan fingerprint density at radius 3 is 2.27 bits per heavy atom. The molecule has 1 saturated carbocycles. The molecule has 15 heavy (non-hydrogen) atoms. The quantitative estimate of drug-likeness (QED) is 0.747. The van der Waals surface area contributed by atoms with Gasteiger partial charge >= 0.3 is 5.97 Å². The van der Waals surface area contributed by atoms with Crippen molar-refractivity contribution >= 4 is 5.97 Å². The van der Waals surface area contributed by atoms with Gasteiger partial charge in [-0.3, -0.25) is 9.69 Å². The van der Waals surface area contributed by atoms with E-state index in [0.717, 1.165) is 38.8 Å². The van der Waals surface area contributed by atoms with Crippen LogP contribution < -0.4 is 0 Å². The number of nitrogens with zero attached hydrogens (tertiary/aromatic N) is 1. The summed E-state index contributed by atoms with van der Waals surface area (Å²) in [7, 11) is 0. The highest BCUT2D eigenvalue weighted by molar-refractivity contribution is 5.74. The standard InChI is InChI=1S/C11H17NO3/c13-11(14)10(7-1-2-7)12-5-8-3-4-9(6-12)15-8/h7-10H,1-6H2,(H,13,14). The average molecular weight is 211 g/mol. The highest BCUT2D eigenvalue weighted by Gasteiger charge is 2.45. The predicted molar refractivity (Wildman–Crippen MR) is 53.6 cm³/mol. The highest BCUT2D eigenvalue weighted by Crippen LogP contribution is 2.38. The minimum Gasteiger partial charge on any atom is -0.480 e. The highest BCUT2D eigenvalue weighted by atomic mass is 16.5. The summed E-state index contributed by atoms with van der Waals surface area (Å²) in [5, 5.41) is 9.25. The molecule has 3 atom stereocenters. The van der Waals surface area contributed by atoms with Gasteiger partial charge in [0.1, 0.15) is 6.04 Å². The zero-order valence-electron chi connectivity index (χ0n) is 8.76. The van der Waals surface area contributed by atoms with Gasteiger partial charge in [-0.15, -0.1) is 0 Å². The lowest BCUT2D eigenvalue weighted by molar-refractivity contribution is -0.148. The normalized spacial score (nSPS) is 37.9. The molecule has 3 fully saturated rings. The molecular weight excluding hydrogens is 194 g/mol. The van der Waals surface area contributed by atoms with Gasteiger partial charge in [0.15, 0.2) is 0 Å². The van der Waals surface area contributed by atoms with Crippen molar-refractivity contribution in [2.75, 3.05) is 13.1 Å². The first-order valence-electron chi connectivity index (χ1n) is 5.86. The number of likely N-dealkylation sites (tertiary alicyclic amines) is 1. The van der Waals surface area contributed by atoms with Crippen molar-refractivity contribution in [2.24, 2.45) is 5.92 Å². The lowest BCUT2D eigenvalue weighted by Crippen LogP contribution is -2.51. The fraction of sp³-hybridized carbons (Fsp3) is 0.909. The van der Waals surface area contributed by atoms with Crippen LogP contribution in [0.3, 0.4) is 0 Å². The number of carboxylic acid groups (broad SMARTS) is 1. The molecule has 3 aliphatic rings. The number of hydrogen-bond acceptors (Lipinski definition) is 3. The Morgan fingerprint density at radius 1 is 1.20 bits per heavy atom. The Kier molecular flexibility index (Phi) is 2.21. The zero-order chi connectivity index (χ0) is 10.4. The maximum absolute atomic E-state index is 11.2. The molecule has 0 amide bonds. The summed E-state index contributed by atoms with van der Waals surface area (Å²) < 4.78 is 5.72. The SMILES string of the molecule is O=C(O)C(C1CC1)N1CC2CCC(C1)O2. The Hall–Kier alpha value is -0.610. The number of fused-ring (bicyclic) bond motifs is 2. The fourth-order valence-corrected chi connectivity index (χ4v) is 2.94. The van der Waals surface area contributed by atoms with Crippen LogP contribution in [0.5, 0.6) is 0 Å². The third-order valence-corrected chi connectivity index (χ3v) is 3.79. The number of ether oxygens (including phenoxy) is 1. The second kappa shape index (κ2) is 3.46. The van der Waals surface area contributed by atoms with Gasteiger partial charge in [-0.05, 0) is 31.6 Å². The zero-order valence-corrected chi connectivity index (χ0v) is 8.76. The third-order valence-electron chi connectivity index (χ3n) is 3.79. The molecule has 0 aromatic heterocycles. The maximum atomic E-state index is 11.2. The summed E-state index contributed by atoms with van der Waals surface area (Å²) in [5.74, 6) is -0.237. The van der Waals surface area contributed by atoms with Gasteiger partial charge < -0.3 is 9.84 Å². The molecule has 0 aromatic rings. The van der Waals surface area contributed by atoms with Crippen LogP contribution in [0.15, 0.2) is 0 Å². The summed E-state index contributed by atoms with van der Waals surface area (Å²) in [4.78, 5) is 13.4. The Bertz CT molecular complexity index is 265. The van der Waals surface area contributed by atoms with Gasteiger partial charge in [-0.2, -0.15) is 0 Å². The van der Waals surface area contributed by atoms with Crippen LogP contribution in [-0.2, 0) is 9.53 Å². The monoisotopic (exact) mass is 211 g/mol. The maximum Gasteiger partial charge on any atom is 0.321 e. The van der Waals surface area contributed by atoms with Crippen molar-refractivity contribution in [1.82, 2.24) is 4.90 Å². The molecule has 2 saturated heterocycles. The molecule has 4 heteroatoms. The summed E-state index contributed by atoms with van der Waals surface area (Å²) in [6.07, 6.45) is 4.98. The molecule has 3 unspecified atom stereocenters.